The summed E-state index contributed by atoms with van der Waals surface area (Å²) in [5.41, 5.74) is 0. The smallest absolute Gasteiger partial charge is 0.172 e. The van der Waals surface area contributed by atoms with Gasteiger partial charge in [-0.2, -0.15) is 5.26 Å². The molecule has 0 aliphatic heterocycles. The first-order valence-corrected chi connectivity index (χ1v) is 2.83. The third-order valence-electron chi connectivity index (χ3n) is 0.702. The van der Waals surface area contributed by atoms with Gasteiger partial charge in [-0.05, 0) is 12.1 Å². The molecule has 1 N–H and O–H groups in total. The van der Waals surface area contributed by atoms with E-state index in [1.54, 1.807) is 6.07 Å². The summed E-state index contributed by atoms with van der Waals surface area (Å²) in [4.78, 5) is 0.544. The Morgan fingerprint density at radius 3 is 2.62 bits per heavy atom. The third-order valence-corrected chi connectivity index (χ3v) is 1.49. The Bertz CT molecular complexity index is 223. The van der Waals surface area contributed by atoms with E-state index in [-0.39, 0.29) is 5.06 Å². The normalized spacial score (nSPS) is 8.38. The summed E-state index contributed by atoms with van der Waals surface area (Å²) in [6, 6.07) is 4.99. The fourth-order valence-electron chi connectivity index (χ4n) is 0.388. The number of nitriles is 1. The van der Waals surface area contributed by atoms with Gasteiger partial charge in [0.15, 0.2) is 5.06 Å². The van der Waals surface area contributed by atoms with Gasteiger partial charge in [-0.1, -0.05) is 11.3 Å². The van der Waals surface area contributed by atoms with Crippen LogP contribution in [0.25, 0.3) is 0 Å². The maximum Gasteiger partial charge on any atom is 0.172 e. The van der Waals surface area contributed by atoms with Crippen LogP contribution in [-0.2, 0) is 0 Å². The predicted octanol–water partition coefficient (Wildman–Crippen LogP) is 1.33. The molecule has 0 bridgehead atoms. The largest absolute Gasteiger partial charge is 0.499 e. The molecule has 1 heterocycles. The first kappa shape index (κ1) is 5.13. The van der Waals surface area contributed by atoms with E-state index < -0.39 is 0 Å². The van der Waals surface area contributed by atoms with Crippen molar-refractivity contribution in [3.05, 3.63) is 17.0 Å². The molecule has 0 radical (unpaired) electrons. The standard InChI is InChI=1S/C5H3NOS/c6-3-4-1-2-5(7)8-4/h1-2,7H. The maximum absolute atomic E-state index is 8.65. The highest BCUT2D eigenvalue weighted by atomic mass is 32.1. The summed E-state index contributed by atoms with van der Waals surface area (Å²) in [7, 11) is 0. The van der Waals surface area contributed by atoms with Crippen molar-refractivity contribution in [1.82, 2.24) is 0 Å². The molecule has 0 aliphatic carbocycles. The zero-order valence-corrected chi connectivity index (χ0v) is 4.77. The fourth-order valence-corrected chi connectivity index (χ4v) is 0.931. The number of rotatable bonds is 0. The minimum Gasteiger partial charge on any atom is -0.499 e. The molecule has 1 rings (SSSR count). The van der Waals surface area contributed by atoms with Gasteiger partial charge >= 0.3 is 0 Å². The van der Waals surface area contributed by atoms with Crippen molar-refractivity contribution < 1.29 is 5.11 Å². The molecular formula is C5H3NOS. The number of nitrogens with zero attached hydrogens (tertiary/aromatic N) is 1. The Morgan fingerprint density at radius 2 is 2.38 bits per heavy atom. The van der Waals surface area contributed by atoms with Crippen molar-refractivity contribution in [2.45, 2.75) is 0 Å². The maximum atomic E-state index is 8.65. The van der Waals surface area contributed by atoms with Crippen molar-refractivity contribution in [3.63, 3.8) is 0 Å². The average molecular weight is 125 g/mol. The number of hydrogen-bond acceptors (Lipinski definition) is 3. The summed E-state index contributed by atoms with van der Waals surface area (Å²) in [5.74, 6) is 0. The Kier molecular flexibility index (Phi) is 1.18. The molecule has 40 valence electrons. The summed E-state index contributed by atoms with van der Waals surface area (Å²) in [6.45, 7) is 0. The van der Waals surface area contributed by atoms with Gasteiger partial charge in [-0.25, -0.2) is 0 Å². The van der Waals surface area contributed by atoms with Crippen LogP contribution < -0.4 is 0 Å². The zero-order chi connectivity index (χ0) is 5.98. The van der Waals surface area contributed by atoms with Gasteiger partial charge in [-0.15, -0.1) is 0 Å². The van der Waals surface area contributed by atoms with Crippen molar-refractivity contribution in [1.29, 1.82) is 5.26 Å². The lowest BCUT2D eigenvalue weighted by atomic mass is 10.5. The summed E-state index contributed by atoms with van der Waals surface area (Å²) < 4.78 is 0. The lowest BCUT2D eigenvalue weighted by molar-refractivity contribution is 0.491. The Hall–Kier alpha value is -1.01. The minimum absolute atomic E-state index is 0.196. The summed E-state index contributed by atoms with van der Waals surface area (Å²) >= 11 is 1.08. The monoisotopic (exact) mass is 125 g/mol. The minimum atomic E-state index is 0.196. The molecular weight excluding hydrogens is 122 g/mol. The summed E-state index contributed by atoms with van der Waals surface area (Å²) in [5, 5.41) is 17.0. The van der Waals surface area contributed by atoms with E-state index in [1.165, 1.54) is 6.07 Å². The van der Waals surface area contributed by atoms with Crippen LogP contribution in [0.2, 0.25) is 0 Å². The molecule has 8 heavy (non-hydrogen) atoms. The van der Waals surface area contributed by atoms with Gasteiger partial charge in [0.05, 0.1) is 0 Å². The molecule has 0 atom stereocenters. The van der Waals surface area contributed by atoms with Gasteiger partial charge in [0.2, 0.25) is 0 Å². The van der Waals surface area contributed by atoms with Crippen LogP contribution >= 0.6 is 11.3 Å². The molecule has 1 aromatic heterocycles. The molecule has 3 heteroatoms. The number of hydrogen-bond donors (Lipinski definition) is 1. The van der Waals surface area contributed by atoms with E-state index in [0.29, 0.717) is 4.88 Å². The van der Waals surface area contributed by atoms with Crippen molar-refractivity contribution in [2.75, 3.05) is 0 Å². The van der Waals surface area contributed by atoms with Gasteiger partial charge < -0.3 is 5.11 Å². The van der Waals surface area contributed by atoms with Crippen LogP contribution in [0.3, 0.4) is 0 Å². The molecule has 1 aromatic rings. The Morgan fingerprint density at radius 1 is 1.62 bits per heavy atom. The number of thiophene rings is 1. The Balaban J connectivity index is 3.05. The SMILES string of the molecule is N#Cc1ccc(O)s1. The van der Waals surface area contributed by atoms with Crippen molar-refractivity contribution >= 4 is 11.3 Å². The first-order chi connectivity index (χ1) is 3.83. The first-order valence-electron chi connectivity index (χ1n) is 2.02. The summed E-state index contributed by atoms with van der Waals surface area (Å²) in [6.07, 6.45) is 0. The van der Waals surface area contributed by atoms with Gasteiger partial charge in [0, 0.05) is 0 Å². The fraction of sp³-hybridized carbons (Fsp3) is 0. The molecule has 0 saturated carbocycles. The Labute approximate surface area is 50.6 Å². The molecule has 0 aliphatic rings. The molecule has 2 nitrogen and oxygen atoms in total. The van der Waals surface area contributed by atoms with Crippen LogP contribution in [0.4, 0.5) is 0 Å². The van der Waals surface area contributed by atoms with Gasteiger partial charge in [0.25, 0.3) is 0 Å². The van der Waals surface area contributed by atoms with Crippen molar-refractivity contribution in [3.8, 4) is 11.1 Å². The second-order valence-electron chi connectivity index (χ2n) is 1.25. The van der Waals surface area contributed by atoms with E-state index in [9.17, 15) is 0 Å². The van der Waals surface area contributed by atoms with Crippen LogP contribution in [0.5, 0.6) is 5.06 Å². The number of aromatic hydroxyl groups is 1. The second-order valence-corrected chi connectivity index (χ2v) is 2.31. The van der Waals surface area contributed by atoms with E-state index in [0.717, 1.165) is 11.3 Å². The lowest BCUT2D eigenvalue weighted by Crippen LogP contribution is -1.50. The third kappa shape index (κ3) is 0.796. The molecule has 0 fully saturated rings. The van der Waals surface area contributed by atoms with Crippen LogP contribution in [0.1, 0.15) is 4.88 Å². The molecule has 0 unspecified atom stereocenters. The van der Waals surface area contributed by atoms with Crippen LogP contribution in [0.15, 0.2) is 12.1 Å². The average Bonchev–Trinajstić information content (AvgIpc) is 2.14. The highest BCUT2D eigenvalue weighted by Gasteiger charge is 1.92. The van der Waals surface area contributed by atoms with E-state index in [4.69, 9.17) is 10.4 Å². The van der Waals surface area contributed by atoms with E-state index >= 15 is 0 Å². The molecule has 0 spiro atoms. The molecule has 0 aromatic carbocycles. The zero-order valence-electron chi connectivity index (χ0n) is 3.96. The second kappa shape index (κ2) is 1.85. The topological polar surface area (TPSA) is 44.0 Å². The quantitative estimate of drug-likeness (QED) is 0.568. The highest BCUT2D eigenvalue weighted by molar-refractivity contribution is 7.14. The molecule has 0 amide bonds. The van der Waals surface area contributed by atoms with E-state index in [1.807, 2.05) is 6.07 Å². The van der Waals surface area contributed by atoms with E-state index in [2.05, 4.69) is 0 Å². The predicted molar refractivity (Wildman–Crippen MR) is 30.7 cm³/mol. The highest BCUT2D eigenvalue weighted by Crippen LogP contribution is 2.20. The van der Waals surface area contributed by atoms with Crippen molar-refractivity contribution in [2.24, 2.45) is 0 Å². The van der Waals surface area contributed by atoms with Gasteiger partial charge in [0.1, 0.15) is 10.9 Å². The van der Waals surface area contributed by atoms with Crippen LogP contribution in [0, 0.1) is 11.3 Å². The lowest BCUT2D eigenvalue weighted by Gasteiger charge is -1.70. The van der Waals surface area contributed by atoms with Gasteiger partial charge in [-0.3, -0.25) is 0 Å². The van der Waals surface area contributed by atoms with Crippen LogP contribution in [-0.4, -0.2) is 5.11 Å². The molecule has 0 saturated heterocycles.